The number of nitrogens with zero attached hydrogens (tertiary/aromatic N) is 3. The standard InChI is InChI=1S/C20H20N4OS/c1-15(12-18-13-21-10-11-22-18)24-20(25)17-7-5-16(6-8-17)14-26-19-4-2-3-9-23-19/h2-11,13,15H,12,14H2,1H3,(H,24,25)/t15-/m0/s1. The Morgan fingerprint density at radius 3 is 2.62 bits per heavy atom. The molecule has 0 spiro atoms. The van der Waals surface area contributed by atoms with E-state index in [-0.39, 0.29) is 11.9 Å². The number of nitrogens with one attached hydrogen (secondary N) is 1. The smallest absolute Gasteiger partial charge is 0.251 e. The zero-order chi connectivity index (χ0) is 18.2. The lowest BCUT2D eigenvalue weighted by Crippen LogP contribution is -2.34. The summed E-state index contributed by atoms with van der Waals surface area (Å²) in [4.78, 5) is 24.9. The summed E-state index contributed by atoms with van der Waals surface area (Å²) in [5, 5.41) is 3.99. The maximum Gasteiger partial charge on any atom is 0.251 e. The van der Waals surface area contributed by atoms with E-state index in [0.29, 0.717) is 12.0 Å². The first-order chi connectivity index (χ1) is 12.7. The Morgan fingerprint density at radius 2 is 1.92 bits per heavy atom. The quantitative estimate of drug-likeness (QED) is 0.650. The molecule has 2 heterocycles. The molecule has 5 nitrogen and oxygen atoms in total. The van der Waals surface area contributed by atoms with Crippen LogP contribution in [0.5, 0.6) is 0 Å². The molecule has 0 saturated carbocycles. The molecular weight excluding hydrogens is 344 g/mol. The van der Waals surface area contributed by atoms with Gasteiger partial charge >= 0.3 is 0 Å². The summed E-state index contributed by atoms with van der Waals surface area (Å²) < 4.78 is 0. The Kier molecular flexibility index (Phi) is 6.33. The monoisotopic (exact) mass is 364 g/mol. The van der Waals surface area contributed by atoms with Crippen LogP contribution in [0.25, 0.3) is 0 Å². The van der Waals surface area contributed by atoms with E-state index in [1.807, 2.05) is 49.4 Å². The van der Waals surface area contributed by atoms with Gasteiger partial charge in [0.15, 0.2) is 0 Å². The Morgan fingerprint density at radius 1 is 1.08 bits per heavy atom. The lowest BCUT2D eigenvalue weighted by Gasteiger charge is -2.13. The number of benzene rings is 1. The van der Waals surface area contributed by atoms with Crippen LogP contribution in [-0.2, 0) is 12.2 Å². The van der Waals surface area contributed by atoms with E-state index in [1.165, 1.54) is 0 Å². The summed E-state index contributed by atoms with van der Waals surface area (Å²) in [6.07, 6.45) is 7.46. The van der Waals surface area contributed by atoms with Crippen LogP contribution in [0.3, 0.4) is 0 Å². The number of amides is 1. The molecule has 1 N–H and O–H groups in total. The zero-order valence-corrected chi connectivity index (χ0v) is 15.3. The highest BCUT2D eigenvalue weighted by molar-refractivity contribution is 7.98. The van der Waals surface area contributed by atoms with E-state index >= 15 is 0 Å². The van der Waals surface area contributed by atoms with Crippen molar-refractivity contribution in [3.05, 3.63) is 84.1 Å². The summed E-state index contributed by atoms with van der Waals surface area (Å²) in [6, 6.07) is 13.5. The summed E-state index contributed by atoms with van der Waals surface area (Å²) in [5.41, 5.74) is 2.68. The molecule has 26 heavy (non-hydrogen) atoms. The molecule has 132 valence electrons. The van der Waals surface area contributed by atoms with Crippen molar-refractivity contribution in [1.82, 2.24) is 20.3 Å². The number of aromatic nitrogens is 3. The second-order valence-electron chi connectivity index (χ2n) is 5.93. The lowest BCUT2D eigenvalue weighted by atomic mass is 10.1. The number of pyridine rings is 1. The Labute approximate surface area is 157 Å². The van der Waals surface area contributed by atoms with Gasteiger partial charge in [-0.2, -0.15) is 0 Å². The molecule has 1 atom stereocenters. The van der Waals surface area contributed by atoms with Gasteiger partial charge in [0.05, 0.1) is 10.7 Å². The first kappa shape index (κ1) is 18.1. The van der Waals surface area contributed by atoms with E-state index in [0.717, 1.165) is 22.0 Å². The highest BCUT2D eigenvalue weighted by atomic mass is 32.2. The van der Waals surface area contributed by atoms with Crippen LogP contribution in [0.15, 0.2) is 72.3 Å². The van der Waals surface area contributed by atoms with Crippen LogP contribution in [0.4, 0.5) is 0 Å². The number of carbonyl (C=O) groups excluding carboxylic acids is 1. The maximum atomic E-state index is 12.4. The predicted octanol–water partition coefficient (Wildman–Crippen LogP) is 3.52. The average Bonchev–Trinajstić information content (AvgIpc) is 2.68. The zero-order valence-electron chi connectivity index (χ0n) is 14.5. The van der Waals surface area contributed by atoms with Crippen LogP contribution in [0.1, 0.15) is 28.5 Å². The highest BCUT2D eigenvalue weighted by Gasteiger charge is 2.11. The fraction of sp³-hybridized carbons (Fsp3) is 0.200. The molecule has 2 aromatic heterocycles. The summed E-state index contributed by atoms with van der Waals surface area (Å²) >= 11 is 1.68. The Hall–Kier alpha value is -2.73. The molecule has 0 radical (unpaired) electrons. The minimum Gasteiger partial charge on any atom is -0.349 e. The van der Waals surface area contributed by atoms with Gasteiger partial charge < -0.3 is 5.32 Å². The predicted molar refractivity (Wildman–Crippen MR) is 103 cm³/mol. The lowest BCUT2D eigenvalue weighted by molar-refractivity contribution is 0.0940. The third kappa shape index (κ3) is 5.39. The maximum absolute atomic E-state index is 12.4. The van der Waals surface area contributed by atoms with Gasteiger partial charge in [-0.25, -0.2) is 4.98 Å². The molecule has 6 heteroatoms. The fourth-order valence-corrected chi connectivity index (χ4v) is 3.27. The molecule has 0 aliphatic heterocycles. The molecule has 0 aliphatic carbocycles. The third-order valence-corrected chi connectivity index (χ3v) is 4.76. The second-order valence-corrected chi connectivity index (χ2v) is 6.92. The fourth-order valence-electron chi connectivity index (χ4n) is 2.45. The molecule has 1 aromatic carbocycles. The van der Waals surface area contributed by atoms with Crippen LogP contribution in [0.2, 0.25) is 0 Å². The molecule has 0 aliphatic rings. The van der Waals surface area contributed by atoms with Gasteiger partial charge in [0.2, 0.25) is 0 Å². The third-order valence-electron chi connectivity index (χ3n) is 3.75. The van der Waals surface area contributed by atoms with Crippen LogP contribution in [0, 0.1) is 0 Å². The minimum absolute atomic E-state index is 0.0152. The van der Waals surface area contributed by atoms with Crippen LogP contribution < -0.4 is 5.32 Å². The normalized spacial score (nSPS) is 11.7. The van der Waals surface area contributed by atoms with Gasteiger partial charge in [0.1, 0.15) is 0 Å². The van der Waals surface area contributed by atoms with Gasteiger partial charge in [-0.05, 0) is 36.8 Å². The molecule has 0 fully saturated rings. The van der Waals surface area contributed by atoms with E-state index in [1.54, 1.807) is 36.5 Å². The van der Waals surface area contributed by atoms with Crippen molar-refractivity contribution in [3.63, 3.8) is 0 Å². The number of rotatable bonds is 7. The van der Waals surface area contributed by atoms with Gasteiger partial charge in [-0.1, -0.05) is 18.2 Å². The van der Waals surface area contributed by atoms with Crippen molar-refractivity contribution in [2.75, 3.05) is 0 Å². The van der Waals surface area contributed by atoms with E-state index in [9.17, 15) is 4.79 Å². The number of carbonyl (C=O) groups is 1. The van der Waals surface area contributed by atoms with Crippen LogP contribution >= 0.6 is 11.8 Å². The number of hydrogen-bond acceptors (Lipinski definition) is 5. The molecular formula is C20H20N4OS. The Bertz CT molecular complexity index is 825. The van der Waals surface area contributed by atoms with Crippen LogP contribution in [-0.4, -0.2) is 26.9 Å². The topological polar surface area (TPSA) is 67.8 Å². The molecule has 0 bridgehead atoms. The first-order valence-electron chi connectivity index (χ1n) is 8.39. The van der Waals surface area contributed by atoms with E-state index < -0.39 is 0 Å². The SMILES string of the molecule is C[C@@H](Cc1cnccn1)NC(=O)c1ccc(CSc2ccccn2)cc1. The van der Waals surface area contributed by atoms with Crippen molar-refractivity contribution in [2.45, 2.75) is 30.2 Å². The highest BCUT2D eigenvalue weighted by Crippen LogP contribution is 2.20. The van der Waals surface area contributed by atoms with Gasteiger partial charge in [-0.15, -0.1) is 11.8 Å². The second kappa shape index (κ2) is 9.10. The van der Waals surface area contributed by atoms with Gasteiger partial charge in [0.25, 0.3) is 5.91 Å². The molecule has 3 rings (SSSR count). The van der Waals surface area contributed by atoms with Crippen molar-refractivity contribution in [3.8, 4) is 0 Å². The molecule has 1 amide bonds. The van der Waals surface area contributed by atoms with Gasteiger partial charge in [-0.3, -0.25) is 14.8 Å². The molecule has 0 saturated heterocycles. The van der Waals surface area contributed by atoms with Crippen molar-refractivity contribution in [2.24, 2.45) is 0 Å². The molecule has 0 unspecified atom stereocenters. The van der Waals surface area contributed by atoms with Crippen molar-refractivity contribution < 1.29 is 4.79 Å². The van der Waals surface area contributed by atoms with Crippen molar-refractivity contribution >= 4 is 17.7 Å². The molecule has 3 aromatic rings. The van der Waals surface area contributed by atoms with Crippen molar-refractivity contribution in [1.29, 1.82) is 0 Å². The number of hydrogen-bond donors (Lipinski definition) is 1. The summed E-state index contributed by atoms with van der Waals surface area (Å²) in [6.45, 7) is 1.96. The average molecular weight is 364 g/mol. The number of thioether (sulfide) groups is 1. The Balaban J connectivity index is 1.51. The summed E-state index contributed by atoms with van der Waals surface area (Å²) in [5.74, 6) is 0.743. The van der Waals surface area contributed by atoms with E-state index in [4.69, 9.17) is 0 Å². The largest absolute Gasteiger partial charge is 0.349 e. The first-order valence-corrected chi connectivity index (χ1v) is 9.38. The van der Waals surface area contributed by atoms with Gasteiger partial charge in [0, 0.05) is 48.6 Å². The minimum atomic E-state index is -0.0784. The summed E-state index contributed by atoms with van der Waals surface area (Å²) in [7, 11) is 0. The van der Waals surface area contributed by atoms with E-state index in [2.05, 4.69) is 20.3 Å².